The average molecular weight is 265 g/mol. The minimum atomic E-state index is -2.00. The van der Waals surface area contributed by atoms with E-state index in [0.29, 0.717) is 9.50 Å². The van der Waals surface area contributed by atoms with Gasteiger partial charge in [-0.3, -0.25) is 4.79 Å². The highest BCUT2D eigenvalue weighted by Crippen LogP contribution is 2.22. The highest BCUT2D eigenvalue weighted by atomic mass is 79.9. The summed E-state index contributed by atoms with van der Waals surface area (Å²) >= 11 is 8.73. The molecule has 0 saturated heterocycles. The smallest absolute Gasteiger partial charge is 0.219 e. The number of Topliss-reactive ketones (excluding diaryl/α,β-unsaturated/α-hetero) is 1. The summed E-state index contributed by atoms with van der Waals surface area (Å²) in [5, 5.41) is 17.6. The number of hydrogen-bond acceptors (Lipinski definition) is 3. The third kappa shape index (κ3) is 2.51. The van der Waals surface area contributed by atoms with Crippen molar-refractivity contribution in [1.29, 1.82) is 0 Å². The molecule has 70 valence electrons. The quantitative estimate of drug-likeness (QED) is 0.631. The molecule has 2 N–H and O–H groups in total. The zero-order valence-corrected chi connectivity index (χ0v) is 8.71. The van der Waals surface area contributed by atoms with Gasteiger partial charge in [0.2, 0.25) is 12.1 Å². The Bertz CT molecular complexity index is 338. The Morgan fingerprint density at radius 2 is 2.08 bits per heavy atom. The molecule has 0 bridgehead atoms. The van der Waals surface area contributed by atoms with E-state index in [2.05, 4.69) is 15.9 Å². The van der Waals surface area contributed by atoms with Crippen molar-refractivity contribution in [2.45, 2.75) is 6.29 Å². The van der Waals surface area contributed by atoms with Crippen molar-refractivity contribution in [2.24, 2.45) is 0 Å². The second-order valence-electron chi connectivity index (χ2n) is 2.36. The molecule has 0 unspecified atom stereocenters. The topological polar surface area (TPSA) is 57.5 Å². The van der Waals surface area contributed by atoms with E-state index in [0.717, 1.165) is 0 Å². The molecule has 5 heteroatoms. The maximum Gasteiger partial charge on any atom is 0.219 e. The van der Waals surface area contributed by atoms with Gasteiger partial charge in [-0.15, -0.1) is 0 Å². The number of halogens is 2. The summed E-state index contributed by atoms with van der Waals surface area (Å²) in [6.45, 7) is 0. The van der Waals surface area contributed by atoms with Crippen LogP contribution in [0.5, 0.6) is 0 Å². The summed E-state index contributed by atoms with van der Waals surface area (Å²) in [5.74, 6) is -0.783. The van der Waals surface area contributed by atoms with E-state index in [1.165, 1.54) is 6.07 Å². The minimum absolute atomic E-state index is 0.155. The van der Waals surface area contributed by atoms with Crippen LogP contribution in [0.3, 0.4) is 0 Å². The van der Waals surface area contributed by atoms with Crippen LogP contribution >= 0.6 is 27.5 Å². The molecule has 0 aliphatic rings. The Balaban J connectivity index is 3.13. The Labute approximate surface area is 88.1 Å². The first kappa shape index (κ1) is 10.7. The van der Waals surface area contributed by atoms with Crippen LogP contribution in [0.2, 0.25) is 5.02 Å². The first-order chi connectivity index (χ1) is 6.02. The second kappa shape index (κ2) is 4.19. The number of ketones is 1. The Morgan fingerprint density at radius 3 is 2.62 bits per heavy atom. The number of hydrogen-bond donors (Lipinski definition) is 2. The molecule has 3 nitrogen and oxygen atoms in total. The van der Waals surface area contributed by atoms with Crippen molar-refractivity contribution < 1.29 is 15.0 Å². The van der Waals surface area contributed by atoms with E-state index in [-0.39, 0.29) is 5.56 Å². The highest BCUT2D eigenvalue weighted by molar-refractivity contribution is 9.10. The van der Waals surface area contributed by atoms with Crippen LogP contribution in [-0.2, 0) is 0 Å². The van der Waals surface area contributed by atoms with E-state index < -0.39 is 12.1 Å². The van der Waals surface area contributed by atoms with Crippen molar-refractivity contribution in [3.8, 4) is 0 Å². The van der Waals surface area contributed by atoms with Gasteiger partial charge in [-0.05, 0) is 18.2 Å². The van der Waals surface area contributed by atoms with Crippen molar-refractivity contribution >= 4 is 33.3 Å². The minimum Gasteiger partial charge on any atom is -0.362 e. The first-order valence-corrected chi connectivity index (χ1v) is 4.55. The van der Waals surface area contributed by atoms with Crippen LogP contribution in [-0.4, -0.2) is 22.3 Å². The molecule has 1 rings (SSSR count). The Kier molecular flexibility index (Phi) is 3.44. The normalized spacial score (nSPS) is 10.5. The largest absolute Gasteiger partial charge is 0.362 e. The molecule has 0 aliphatic heterocycles. The molecule has 0 saturated carbocycles. The maximum atomic E-state index is 11.1. The van der Waals surface area contributed by atoms with Crippen molar-refractivity contribution in [1.82, 2.24) is 0 Å². The second-order valence-corrected chi connectivity index (χ2v) is 3.65. The lowest BCUT2D eigenvalue weighted by Gasteiger charge is -2.05. The van der Waals surface area contributed by atoms with Crippen molar-refractivity contribution in [2.75, 3.05) is 0 Å². The number of aliphatic hydroxyl groups is 2. The van der Waals surface area contributed by atoms with Crippen LogP contribution < -0.4 is 0 Å². The third-order valence-electron chi connectivity index (χ3n) is 1.43. The monoisotopic (exact) mass is 264 g/mol. The molecule has 0 atom stereocenters. The summed E-state index contributed by atoms with van der Waals surface area (Å²) < 4.78 is 0.481. The van der Waals surface area contributed by atoms with Gasteiger partial charge in [0.05, 0.1) is 0 Å². The molecule has 0 spiro atoms. The van der Waals surface area contributed by atoms with Gasteiger partial charge in [-0.2, -0.15) is 0 Å². The lowest BCUT2D eigenvalue weighted by atomic mass is 10.1. The van der Waals surface area contributed by atoms with Gasteiger partial charge in [-0.25, -0.2) is 0 Å². The van der Waals surface area contributed by atoms with Crippen LogP contribution in [0.4, 0.5) is 0 Å². The first-order valence-electron chi connectivity index (χ1n) is 3.38. The SMILES string of the molecule is O=C(c1cc(Cl)ccc1Br)C(O)O. The standard InChI is InChI=1S/C8H6BrClO3/c9-6-2-1-4(10)3-5(6)7(11)8(12)13/h1-3,8,12-13H. The molecule has 0 fully saturated rings. The molecule has 13 heavy (non-hydrogen) atoms. The summed E-state index contributed by atoms with van der Waals surface area (Å²) in [4.78, 5) is 11.1. The third-order valence-corrected chi connectivity index (χ3v) is 2.35. The van der Waals surface area contributed by atoms with Crippen LogP contribution in [0, 0.1) is 0 Å². The molecular weight excluding hydrogens is 259 g/mol. The predicted octanol–water partition coefficient (Wildman–Crippen LogP) is 1.60. The van der Waals surface area contributed by atoms with Gasteiger partial charge in [0, 0.05) is 15.1 Å². The maximum absolute atomic E-state index is 11.1. The van der Waals surface area contributed by atoms with Gasteiger partial charge in [0.15, 0.2) is 0 Å². The fourth-order valence-corrected chi connectivity index (χ4v) is 1.44. The zero-order chi connectivity index (χ0) is 10.0. The average Bonchev–Trinajstić information content (AvgIpc) is 2.08. The fourth-order valence-electron chi connectivity index (χ4n) is 0.825. The number of rotatable bonds is 2. The van der Waals surface area contributed by atoms with Gasteiger partial charge in [0.25, 0.3) is 0 Å². The number of aliphatic hydroxyl groups excluding tert-OH is 1. The Morgan fingerprint density at radius 1 is 1.46 bits per heavy atom. The van der Waals surface area contributed by atoms with Gasteiger partial charge >= 0.3 is 0 Å². The molecule has 0 radical (unpaired) electrons. The predicted molar refractivity (Wildman–Crippen MR) is 51.7 cm³/mol. The fraction of sp³-hybridized carbons (Fsp3) is 0.125. The molecule has 0 amide bonds. The van der Waals surface area contributed by atoms with E-state index in [1.54, 1.807) is 12.1 Å². The van der Waals surface area contributed by atoms with E-state index >= 15 is 0 Å². The number of benzene rings is 1. The van der Waals surface area contributed by atoms with E-state index in [4.69, 9.17) is 21.8 Å². The number of carbonyl (C=O) groups excluding carboxylic acids is 1. The lowest BCUT2D eigenvalue weighted by Crippen LogP contribution is -2.19. The summed E-state index contributed by atoms with van der Waals surface area (Å²) in [7, 11) is 0. The van der Waals surface area contributed by atoms with Crippen LogP contribution in [0.15, 0.2) is 22.7 Å². The summed E-state index contributed by atoms with van der Waals surface area (Å²) in [5.41, 5.74) is 0.155. The molecular formula is C8H6BrClO3. The van der Waals surface area contributed by atoms with Crippen LogP contribution in [0.1, 0.15) is 10.4 Å². The lowest BCUT2D eigenvalue weighted by molar-refractivity contribution is -0.0195. The highest BCUT2D eigenvalue weighted by Gasteiger charge is 2.16. The van der Waals surface area contributed by atoms with E-state index in [9.17, 15) is 4.79 Å². The van der Waals surface area contributed by atoms with Gasteiger partial charge in [-0.1, -0.05) is 27.5 Å². The molecule has 0 aromatic heterocycles. The van der Waals surface area contributed by atoms with Crippen molar-refractivity contribution in [3.05, 3.63) is 33.3 Å². The van der Waals surface area contributed by atoms with Crippen LogP contribution in [0.25, 0.3) is 0 Å². The van der Waals surface area contributed by atoms with E-state index in [1.807, 2.05) is 0 Å². The van der Waals surface area contributed by atoms with Gasteiger partial charge < -0.3 is 10.2 Å². The molecule has 1 aromatic rings. The van der Waals surface area contributed by atoms with Crippen molar-refractivity contribution in [3.63, 3.8) is 0 Å². The summed E-state index contributed by atoms with van der Waals surface area (Å²) in [6.07, 6.45) is -2.00. The molecule has 1 aromatic carbocycles. The molecule has 0 aliphatic carbocycles. The number of carbonyl (C=O) groups is 1. The zero-order valence-electron chi connectivity index (χ0n) is 6.37. The summed E-state index contributed by atoms with van der Waals surface area (Å²) in [6, 6.07) is 4.53. The Hall–Kier alpha value is -0.420. The molecule has 0 heterocycles. The van der Waals surface area contributed by atoms with Gasteiger partial charge in [0.1, 0.15) is 0 Å².